The highest BCUT2D eigenvalue weighted by atomic mass is 16.4. The second kappa shape index (κ2) is 6.61. The van der Waals surface area contributed by atoms with Crippen molar-refractivity contribution in [3.05, 3.63) is 0 Å². The first-order valence-corrected chi connectivity index (χ1v) is 6.48. The predicted molar refractivity (Wildman–Crippen MR) is 71.6 cm³/mol. The van der Waals surface area contributed by atoms with Crippen LogP contribution in [-0.4, -0.2) is 52.1 Å². The van der Waals surface area contributed by atoms with E-state index in [2.05, 4.69) is 0 Å². The normalized spacial score (nSPS) is 11.5. The van der Waals surface area contributed by atoms with E-state index in [-0.39, 0.29) is 6.03 Å². The topological polar surface area (TPSA) is 60.9 Å². The fourth-order valence-corrected chi connectivity index (χ4v) is 1.84. The molecule has 0 unspecified atom stereocenters. The molecule has 106 valence electrons. The quantitative estimate of drug-likeness (QED) is 0.795. The monoisotopic (exact) mass is 258 g/mol. The molecule has 0 rings (SSSR count). The first-order valence-electron chi connectivity index (χ1n) is 6.48. The number of urea groups is 1. The van der Waals surface area contributed by atoms with E-state index in [0.29, 0.717) is 25.6 Å². The van der Waals surface area contributed by atoms with Gasteiger partial charge in [0.15, 0.2) is 0 Å². The zero-order valence-corrected chi connectivity index (χ0v) is 12.4. The Labute approximate surface area is 110 Å². The van der Waals surface area contributed by atoms with Gasteiger partial charge in [0, 0.05) is 19.6 Å². The third-order valence-electron chi connectivity index (χ3n) is 2.98. The molecule has 0 saturated heterocycles. The maximum Gasteiger partial charge on any atom is 0.329 e. The van der Waals surface area contributed by atoms with E-state index < -0.39 is 11.5 Å². The summed E-state index contributed by atoms with van der Waals surface area (Å²) in [6, 6.07) is -0.207. The van der Waals surface area contributed by atoms with Gasteiger partial charge in [-0.25, -0.2) is 9.59 Å². The lowest BCUT2D eigenvalue weighted by Gasteiger charge is -2.38. The molecule has 5 heteroatoms. The fourth-order valence-electron chi connectivity index (χ4n) is 1.84. The standard InChI is InChI=1S/C13H26N2O3/c1-7-14(9-10(3)4)12(18)15(8-2)13(5,6)11(16)17/h10H,7-9H2,1-6H3,(H,16,17). The van der Waals surface area contributed by atoms with Crippen molar-refractivity contribution in [3.63, 3.8) is 0 Å². The Balaban J connectivity index is 5.05. The van der Waals surface area contributed by atoms with Crippen molar-refractivity contribution in [2.45, 2.75) is 47.1 Å². The lowest BCUT2D eigenvalue weighted by Crippen LogP contribution is -2.57. The average Bonchev–Trinajstić information content (AvgIpc) is 2.25. The number of nitrogens with zero attached hydrogens (tertiary/aromatic N) is 2. The molecular formula is C13H26N2O3. The molecule has 0 saturated carbocycles. The first kappa shape index (κ1) is 16.7. The van der Waals surface area contributed by atoms with Crippen LogP contribution in [-0.2, 0) is 4.79 Å². The molecule has 0 aliphatic rings. The van der Waals surface area contributed by atoms with Crippen LogP contribution >= 0.6 is 0 Å². The third kappa shape index (κ3) is 3.89. The van der Waals surface area contributed by atoms with Crippen LogP contribution in [0.3, 0.4) is 0 Å². The summed E-state index contributed by atoms with van der Waals surface area (Å²) < 4.78 is 0. The smallest absolute Gasteiger partial charge is 0.329 e. The number of hydrogen-bond acceptors (Lipinski definition) is 2. The highest BCUT2D eigenvalue weighted by molar-refractivity contribution is 5.85. The van der Waals surface area contributed by atoms with Gasteiger partial charge in [-0.2, -0.15) is 0 Å². The van der Waals surface area contributed by atoms with Gasteiger partial charge < -0.3 is 14.9 Å². The minimum atomic E-state index is -1.18. The van der Waals surface area contributed by atoms with Gasteiger partial charge in [-0.05, 0) is 33.6 Å². The van der Waals surface area contributed by atoms with Crippen LogP contribution in [0.5, 0.6) is 0 Å². The Morgan fingerprint density at radius 3 is 1.94 bits per heavy atom. The summed E-state index contributed by atoms with van der Waals surface area (Å²) in [5.41, 5.74) is -1.18. The van der Waals surface area contributed by atoms with Crippen LogP contribution in [0.25, 0.3) is 0 Å². The van der Waals surface area contributed by atoms with Crippen LogP contribution in [0.1, 0.15) is 41.5 Å². The van der Waals surface area contributed by atoms with Crippen molar-refractivity contribution in [1.29, 1.82) is 0 Å². The number of rotatable bonds is 6. The minimum Gasteiger partial charge on any atom is -0.480 e. The van der Waals surface area contributed by atoms with Gasteiger partial charge in [-0.3, -0.25) is 0 Å². The molecule has 0 bridgehead atoms. The van der Waals surface area contributed by atoms with Gasteiger partial charge in [0.05, 0.1) is 0 Å². The Kier molecular flexibility index (Phi) is 6.15. The van der Waals surface area contributed by atoms with Crippen molar-refractivity contribution < 1.29 is 14.7 Å². The van der Waals surface area contributed by atoms with Crippen molar-refractivity contribution in [1.82, 2.24) is 9.80 Å². The van der Waals surface area contributed by atoms with E-state index in [1.54, 1.807) is 25.7 Å². The molecular weight excluding hydrogens is 232 g/mol. The number of hydrogen-bond donors (Lipinski definition) is 1. The van der Waals surface area contributed by atoms with Crippen LogP contribution in [0, 0.1) is 5.92 Å². The van der Waals surface area contributed by atoms with Gasteiger partial charge >= 0.3 is 12.0 Å². The van der Waals surface area contributed by atoms with Gasteiger partial charge in [0.25, 0.3) is 0 Å². The van der Waals surface area contributed by atoms with E-state index in [1.807, 2.05) is 20.8 Å². The SMILES string of the molecule is CCN(CC(C)C)C(=O)N(CC)C(C)(C)C(=O)O. The van der Waals surface area contributed by atoms with Crippen molar-refractivity contribution in [2.24, 2.45) is 5.92 Å². The molecule has 5 nitrogen and oxygen atoms in total. The summed E-state index contributed by atoms with van der Waals surface area (Å²) in [6.07, 6.45) is 0. The molecule has 0 fully saturated rings. The van der Waals surface area contributed by atoms with E-state index in [4.69, 9.17) is 0 Å². The zero-order chi connectivity index (χ0) is 14.5. The van der Waals surface area contributed by atoms with E-state index in [0.717, 1.165) is 0 Å². The van der Waals surface area contributed by atoms with E-state index in [9.17, 15) is 14.7 Å². The number of carbonyl (C=O) groups is 2. The predicted octanol–water partition coefficient (Wildman–Crippen LogP) is 2.27. The summed E-state index contributed by atoms with van der Waals surface area (Å²) in [4.78, 5) is 26.7. The van der Waals surface area contributed by atoms with Crippen LogP contribution in [0.4, 0.5) is 4.79 Å². The number of likely N-dealkylation sites (N-methyl/N-ethyl adjacent to an activating group) is 1. The van der Waals surface area contributed by atoms with Crippen LogP contribution in [0.2, 0.25) is 0 Å². The maximum atomic E-state index is 12.4. The van der Waals surface area contributed by atoms with Crippen LogP contribution in [0.15, 0.2) is 0 Å². The zero-order valence-electron chi connectivity index (χ0n) is 12.4. The lowest BCUT2D eigenvalue weighted by atomic mass is 10.0. The summed E-state index contributed by atoms with van der Waals surface area (Å²) in [7, 11) is 0. The molecule has 0 aliphatic heterocycles. The van der Waals surface area contributed by atoms with Gasteiger partial charge in [0.2, 0.25) is 0 Å². The molecule has 0 aliphatic carbocycles. The average molecular weight is 258 g/mol. The van der Waals surface area contributed by atoms with Gasteiger partial charge in [-0.1, -0.05) is 13.8 Å². The number of aliphatic carboxylic acids is 1. The largest absolute Gasteiger partial charge is 0.480 e. The molecule has 0 atom stereocenters. The fraction of sp³-hybridized carbons (Fsp3) is 0.846. The Bertz CT molecular complexity index is 301. The highest BCUT2D eigenvalue weighted by Gasteiger charge is 2.38. The highest BCUT2D eigenvalue weighted by Crippen LogP contribution is 2.17. The Morgan fingerprint density at radius 1 is 1.17 bits per heavy atom. The molecule has 0 aromatic rings. The number of amides is 2. The summed E-state index contributed by atoms with van der Waals surface area (Å²) in [5.74, 6) is -0.626. The molecule has 1 N–H and O–H groups in total. The third-order valence-corrected chi connectivity index (χ3v) is 2.98. The second-order valence-electron chi connectivity index (χ2n) is 5.32. The molecule has 2 amide bonds. The molecule has 18 heavy (non-hydrogen) atoms. The van der Waals surface area contributed by atoms with E-state index >= 15 is 0 Å². The van der Waals surface area contributed by atoms with Crippen molar-refractivity contribution in [2.75, 3.05) is 19.6 Å². The maximum absolute atomic E-state index is 12.4. The number of carbonyl (C=O) groups excluding carboxylic acids is 1. The minimum absolute atomic E-state index is 0.207. The van der Waals surface area contributed by atoms with E-state index in [1.165, 1.54) is 4.90 Å². The first-order chi connectivity index (χ1) is 8.18. The molecule has 0 spiro atoms. The molecule has 0 aromatic carbocycles. The Morgan fingerprint density at radius 2 is 1.67 bits per heavy atom. The van der Waals surface area contributed by atoms with Gasteiger partial charge in [-0.15, -0.1) is 0 Å². The van der Waals surface area contributed by atoms with Crippen LogP contribution < -0.4 is 0 Å². The number of carboxylic acids is 1. The summed E-state index contributed by atoms with van der Waals surface area (Å²) in [5, 5.41) is 9.22. The number of carboxylic acid groups (broad SMARTS) is 1. The van der Waals surface area contributed by atoms with Crippen molar-refractivity contribution in [3.8, 4) is 0 Å². The second-order valence-corrected chi connectivity index (χ2v) is 5.32. The summed E-state index contributed by atoms with van der Waals surface area (Å²) >= 11 is 0. The lowest BCUT2D eigenvalue weighted by molar-refractivity contribution is -0.147. The molecule has 0 aromatic heterocycles. The summed E-state index contributed by atoms with van der Waals surface area (Å²) in [6.45, 7) is 12.5. The molecule has 0 radical (unpaired) electrons. The van der Waals surface area contributed by atoms with Gasteiger partial charge in [0.1, 0.15) is 5.54 Å². The molecule has 0 heterocycles. The van der Waals surface area contributed by atoms with Crippen molar-refractivity contribution >= 4 is 12.0 Å². The Hall–Kier alpha value is -1.26.